The number of carbonyl (C=O) groups excluding carboxylic acids is 3. The van der Waals surface area contributed by atoms with Gasteiger partial charge in [-0.15, -0.1) is 0 Å². The van der Waals surface area contributed by atoms with Crippen LogP contribution in [-0.4, -0.2) is 35.0 Å². The molecule has 2 rings (SSSR count). The van der Waals surface area contributed by atoms with Crippen molar-refractivity contribution in [2.24, 2.45) is 5.73 Å². The molecule has 0 radical (unpaired) electrons. The van der Waals surface area contributed by atoms with Crippen molar-refractivity contribution >= 4 is 23.7 Å². The highest BCUT2D eigenvalue weighted by molar-refractivity contribution is 5.89. The van der Waals surface area contributed by atoms with Gasteiger partial charge in [0.1, 0.15) is 11.9 Å². The van der Waals surface area contributed by atoms with Gasteiger partial charge in [0, 0.05) is 12.7 Å². The minimum Gasteiger partial charge on any atom is -0.436 e. The minimum absolute atomic E-state index is 0.237. The van der Waals surface area contributed by atoms with Crippen LogP contribution in [0.4, 0.5) is 10.6 Å². The van der Waals surface area contributed by atoms with Crippen LogP contribution in [0.2, 0.25) is 0 Å². The van der Waals surface area contributed by atoms with Crippen LogP contribution >= 0.6 is 0 Å². The molecule has 0 aliphatic heterocycles. The Hall–Kier alpha value is -3.62. The molecule has 29 heavy (non-hydrogen) atoms. The van der Waals surface area contributed by atoms with Crippen LogP contribution < -0.4 is 22.1 Å². The molecule has 1 aromatic heterocycles. The normalized spacial score (nSPS) is 12.4. The topological polar surface area (TPSA) is 149 Å². The predicted molar refractivity (Wildman–Crippen MR) is 107 cm³/mol. The summed E-state index contributed by atoms with van der Waals surface area (Å²) >= 11 is 0. The first-order chi connectivity index (χ1) is 13.8. The van der Waals surface area contributed by atoms with Crippen LogP contribution in [-0.2, 0) is 27.3 Å². The van der Waals surface area contributed by atoms with Gasteiger partial charge in [-0.1, -0.05) is 30.3 Å². The number of nitrogens with zero attached hydrogens (tertiary/aromatic N) is 1. The third kappa shape index (κ3) is 7.49. The number of carbonyl (C=O) groups is 3. The molecule has 0 aliphatic carbocycles. The molecule has 1 heterocycles. The molecule has 1 aromatic carbocycles. The second kappa shape index (κ2) is 10.6. The SMILES string of the molecule is C[C@H](NC(=O)[C@@H](CCc1ccccc1)OC(N)=O)C(=O)NCc1ccnc(N)c1. The molecule has 9 nitrogen and oxygen atoms in total. The van der Waals surface area contributed by atoms with Crippen LogP contribution in [0.1, 0.15) is 24.5 Å². The van der Waals surface area contributed by atoms with Crippen LogP contribution in [0.3, 0.4) is 0 Å². The van der Waals surface area contributed by atoms with E-state index in [2.05, 4.69) is 15.6 Å². The van der Waals surface area contributed by atoms with E-state index in [4.69, 9.17) is 16.2 Å². The summed E-state index contributed by atoms with van der Waals surface area (Å²) in [6.07, 6.45) is 0.147. The molecule has 0 bridgehead atoms. The Morgan fingerprint density at radius 3 is 2.48 bits per heavy atom. The molecule has 9 heteroatoms. The first kappa shape index (κ1) is 21.7. The van der Waals surface area contributed by atoms with Crippen molar-refractivity contribution in [2.75, 3.05) is 5.73 Å². The zero-order chi connectivity index (χ0) is 21.2. The van der Waals surface area contributed by atoms with Crippen molar-refractivity contribution in [2.45, 2.75) is 38.5 Å². The number of ether oxygens (including phenoxy) is 1. The molecule has 0 unspecified atom stereocenters. The van der Waals surface area contributed by atoms with Crippen molar-refractivity contribution in [3.8, 4) is 0 Å². The van der Waals surface area contributed by atoms with Gasteiger partial charge in [0.2, 0.25) is 5.91 Å². The summed E-state index contributed by atoms with van der Waals surface area (Å²) in [7, 11) is 0. The van der Waals surface area contributed by atoms with E-state index in [9.17, 15) is 14.4 Å². The fourth-order valence-corrected chi connectivity index (χ4v) is 2.64. The van der Waals surface area contributed by atoms with Crippen molar-refractivity contribution in [3.63, 3.8) is 0 Å². The van der Waals surface area contributed by atoms with Crippen molar-refractivity contribution in [1.82, 2.24) is 15.6 Å². The summed E-state index contributed by atoms with van der Waals surface area (Å²) in [5, 5.41) is 5.25. The smallest absolute Gasteiger partial charge is 0.405 e. The fourth-order valence-electron chi connectivity index (χ4n) is 2.64. The van der Waals surface area contributed by atoms with Crippen LogP contribution in [0.5, 0.6) is 0 Å². The number of benzene rings is 1. The Bertz CT molecular complexity index is 844. The monoisotopic (exact) mass is 399 g/mol. The maximum Gasteiger partial charge on any atom is 0.405 e. The first-order valence-electron chi connectivity index (χ1n) is 9.13. The van der Waals surface area contributed by atoms with E-state index in [1.165, 1.54) is 6.92 Å². The summed E-state index contributed by atoms with van der Waals surface area (Å²) in [5.41, 5.74) is 12.4. The zero-order valence-corrected chi connectivity index (χ0v) is 16.1. The number of nitrogen functional groups attached to an aromatic ring is 1. The Labute approximate surface area is 168 Å². The van der Waals surface area contributed by atoms with Crippen molar-refractivity contribution in [1.29, 1.82) is 0 Å². The number of primary amides is 1. The third-order valence-electron chi connectivity index (χ3n) is 4.15. The molecule has 2 atom stereocenters. The molecule has 3 amide bonds. The molecule has 2 aromatic rings. The summed E-state index contributed by atoms with van der Waals surface area (Å²) in [5.74, 6) is -0.631. The quantitative estimate of drug-likeness (QED) is 0.492. The number of hydrogen-bond acceptors (Lipinski definition) is 6. The molecule has 0 saturated heterocycles. The van der Waals surface area contributed by atoms with Gasteiger partial charge in [-0.2, -0.15) is 0 Å². The van der Waals surface area contributed by atoms with E-state index in [0.29, 0.717) is 12.2 Å². The number of nitrogens with one attached hydrogen (secondary N) is 2. The molecule has 0 fully saturated rings. The van der Waals surface area contributed by atoms with Gasteiger partial charge in [0.25, 0.3) is 5.91 Å². The number of hydrogen-bond donors (Lipinski definition) is 4. The zero-order valence-electron chi connectivity index (χ0n) is 16.1. The third-order valence-corrected chi connectivity index (χ3v) is 4.15. The van der Waals surface area contributed by atoms with E-state index in [-0.39, 0.29) is 13.0 Å². The second-order valence-electron chi connectivity index (χ2n) is 6.49. The van der Waals surface area contributed by atoms with E-state index < -0.39 is 30.1 Å². The number of amides is 3. The lowest BCUT2D eigenvalue weighted by Crippen LogP contribution is -2.49. The minimum atomic E-state index is -1.09. The summed E-state index contributed by atoms with van der Waals surface area (Å²) in [4.78, 5) is 39.8. The van der Waals surface area contributed by atoms with E-state index in [1.807, 2.05) is 30.3 Å². The van der Waals surface area contributed by atoms with Crippen molar-refractivity contribution in [3.05, 3.63) is 59.8 Å². The van der Waals surface area contributed by atoms with Gasteiger partial charge in [-0.05, 0) is 43.0 Å². The van der Waals surface area contributed by atoms with Gasteiger partial charge < -0.3 is 26.8 Å². The van der Waals surface area contributed by atoms with E-state index in [1.54, 1.807) is 18.3 Å². The average molecular weight is 399 g/mol. The lowest BCUT2D eigenvalue weighted by atomic mass is 10.1. The second-order valence-corrected chi connectivity index (χ2v) is 6.49. The van der Waals surface area contributed by atoms with Gasteiger partial charge in [-0.3, -0.25) is 9.59 Å². The van der Waals surface area contributed by atoms with E-state index in [0.717, 1.165) is 11.1 Å². The molecular weight excluding hydrogens is 374 g/mol. The lowest BCUT2D eigenvalue weighted by molar-refractivity contribution is -0.134. The average Bonchev–Trinajstić information content (AvgIpc) is 2.69. The van der Waals surface area contributed by atoms with Gasteiger partial charge in [0.15, 0.2) is 6.10 Å². The standard InChI is InChI=1S/C20H25N5O4/c1-13(18(26)24-12-15-9-10-23-17(21)11-15)25-19(27)16(29-20(22)28)8-7-14-5-3-2-4-6-14/h2-6,9-11,13,16H,7-8,12H2,1H3,(H2,21,23)(H2,22,28)(H,24,26)(H,25,27)/t13-,16+/m0/s1. The summed E-state index contributed by atoms with van der Waals surface area (Å²) in [6, 6.07) is 12.0. The highest BCUT2D eigenvalue weighted by Gasteiger charge is 2.25. The Kier molecular flexibility index (Phi) is 7.96. The number of pyridine rings is 1. The molecule has 154 valence electrons. The molecule has 0 spiro atoms. The number of aromatic nitrogens is 1. The fraction of sp³-hybridized carbons (Fsp3) is 0.300. The van der Waals surface area contributed by atoms with Crippen LogP contribution in [0.15, 0.2) is 48.7 Å². The van der Waals surface area contributed by atoms with Crippen molar-refractivity contribution < 1.29 is 19.1 Å². The van der Waals surface area contributed by atoms with Crippen LogP contribution in [0, 0.1) is 0 Å². The van der Waals surface area contributed by atoms with Gasteiger partial charge in [0.05, 0.1) is 0 Å². The molecule has 0 saturated carbocycles. The first-order valence-corrected chi connectivity index (χ1v) is 9.13. The lowest BCUT2D eigenvalue weighted by Gasteiger charge is -2.20. The summed E-state index contributed by atoms with van der Waals surface area (Å²) < 4.78 is 4.93. The Morgan fingerprint density at radius 2 is 1.83 bits per heavy atom. The number of aryl methyl sites for hydroxylation is 1. The Balaban J connectivity index is 1.88. The highest BCUT2D eigenvalue weighted by Crippen LogP contribution is 2.09. The van der Waals surface area contributed by atoms with Gasteiger partial charge >= 0.3 is 6.09 Å². The Morgan fingerprint density at radius 1 is 1.10 bits per heavy atom. The van der Waals surface area contributed by atoms with Gasteiger partial charge in [-0.25, -0.2) is 9.78 Å². The van der Waals surface area contributed by atoms with Crippen LogP contribution in [0.25, 0.3) is 0 Å². The predicted octanol–water partition coefficient (Wildman–Crippen LogP) is 0.881. The largest absolute Gasteiger partial charge is 0.436 e. The number of rotatable bonds is 9. The summed E-state index contributed by atoms with van der Waals surface area (Å²) in [6.45, 7) is 1.77. The van der Waals surface area contributed by atoms with E-state index >= 15 is 0 Å². The molecular formula is C20H25N5O4. The number of nitrogens with two attached hydrogens (primary N) is 2. The highest BCUT2D eigenvalue weighted by atomic mass is 16.6. The molecule has 0 aliphatic rings. The maximum absolute atomic E-state index is 12.5. The maximum atomic E-state index is 12.5. The number of anilines is 1. The molecule has 6 N–H and O–H groups in total.